The molecule has 0 saturated carbocycles. The van der Waals surface area contributed by atoms with Gasteiger partial charge in [0, 0.05) is 34.2 Å². The van der Waals surface area contributed by atoms with E-state index >= 15 is 0 Å². The SMILES string of the molecule is CCN(C(=O)c1csc2ccccc12)C1CCc2n[nH]cc2C1. The van der Waals surface area contributed by atoms with Gasteiger partial charge in [-0.1, -0.05) is 18.2 Å². The van der Waals surface area contributed by atoms with Crippen molar-refractivity contribution in [2.45, 2.75) is 32.2 Å². The van der Waals surface area contributed by atoms with Crippen LogP contribution in [0.25, 0.3) is 10.1 Å². The molecule has 1 atom stereocenters. The molecule has 23 heavy (non-hydrogen) atoms. The van der Waals surface area contributed by atoms with E-state index in [0.717, 1.165) is 42.5 Å². The second kappa shape index (κ2) is 5.81. The van der Waals surface area contributed by atoms with E-state index in [2.05, 4.69) is 23.2 Å². The van der Waals surface area contributed by atoms with Gasteiger partial charge in [-0.3, -0.25) is 9.89 Å². The van der Waals surface area contributed by atoms with Crippen LogP contribution < -0.4 is 0 Å². The Morgan fingerprint density at radius 3 is 3.17 bits per heavy atom. The molecule has 0 radical (unpaired) electrons. The smallest absolute Gasteiger partial charge is 0.255 e. The van der Waals surface area contributed by atoms with Crippen molar-refractivity contribution in [3.63, 3.8) is 0 Å². The summed E-state index contributed by atoms with van der Waals surface area (Å²) in [6.07, 6.45) is 4.80. The fraction of sp³-hybridized carbons (Fsp3) is 0.333. The molecule has 1 amide bonds. The zero-order chi connectivity index (χ0) is 15.8. The van der Waals surface area contributed by atoms with Gasteiger partial charge in [0.25, 0.3) is 5.91 Å². The lowest BCUT2D eigenvalue weighted by Gasteiger charge is -2.33. The summed E-state index contributed by atoms with van der Waals surface area (Å²) < 4.78 is 1.17. The molecule has 0 bridgehead atoms. The quantitative estimate of drug-likeness (QED) is 0.799. The number of likely N-dealkylation sites (N-methyl/N-ethyl adjacent to an activating group) is 1. The molecule has 2 heterocycles. The molecule has 1 N–H and O–H groups in total. The lowest BCUT2D eigenvalue weighted by Crippen LogP contribution is -2.43. The fourth-order valence-electron chi connectivity index (χ4n) is 3.53. The minimum Gasteiger partial charge on any atom is -0.336 e. The molecule has 1 unspecified atom stereocenters. The zero-order valence-electron chi connectivity index (χ0n) is 13.1. The van der Waals surface area contributed by atoms with Crippen molar-refractivity contribution in [1.29, 1.82) is 0 Å². The van der Waals surface area contributed by atoms with Crippen LogP contribution in [0, 0.1) is 0 Å². The summed E-state index contributed by atoms with van der Waals surface area (Å²) in [5.41, 5.74) is 3.25. The molecule has 4 nitrogen and oxygen atoms in total. The van der Waals surface area contributed by atoms with Crippen molar-refractivity contribution in [3.8, 4) is 0 Å². The number of rotatable bonds is 3. The fourth-order valence-corrected chi connectivity index (χ4v) is 4.46. The van der Waals surface area contributed by atoms with Gasteiger partial charge < -0.3 is 4.90 Å². The molecule has 3 aromatic rings. The largest absolute Gasteiger partial charge is 0.336 e. The number of aromatic nitrogens is 2. The first-order chi connectivity index (χ1) is 11.3. The maximum Gasteiger partial charge on any atom is 0.255 e. The molecule has 1 aliphatic carbocycles. The summed E-state index contributed by atoms with van der Waals surface area (Å²) in [6, 6.07) is 8.40. The number of thiophene rings is 1. The molecule has 2 aromatic heterocycles. The van der Waals surface area contributed by atoms with Gasteiger partial charge in [0.05, 0.1) is 11.3 Å². The molecule has 1 aliphatic rings. The Morgan fingerprint density at radius 2 is 2.30 bits per heavy atom. The van der Waals surface area contributed by atoms with Crippen LogP contribution in [0.4, 0.5) is 0 Å². The molecule has 118 valence electrons. The lowest BCUT2D eigenvalue weighted by molar-refractivity contribution is 0.0676. The van der Waals surface area contributed by atoms with Crippen molar-refractivity contribution >= 4 is 27.3 Å². The summed E-state index contributed by atoms with van der Waals surface area (Å²) in [5.74, 6) is 0.155. The number of carbonyl (C=O) groups is 1. The molecule has 1 aromatic carbocycles. The van der Waals surface area contributed by atoms with Crippen LogP contribution >= 0.6 is 11.3 Å². The number of aryl methyl sites for hydroxylation is 1. The van der Waals surface area contributed by atoms with E-state index in [1.165, 1.54) is 10.3 Å². The predicted molar refractivity (Wildman–Crippen MR) is 92.9 cm³/mol. The zero-order valence-corrected chi connectivity index (χ0v) is 13.9. The standard InChI is InChI=1S/C18H19N3OS/c1-2-21(13-7-8-16-12(9-13)10-19-20-16)18(22)15-11-23-17-6-4-3-5-14(15)17/h3-6,10-11,13H,2,7-9H2,1H3,(H,19,20). The highest BCUT2D eigenvalue weighted by atomic mass is 32.1. The van der Waals surface area contributed by atoms with Gasteiger partial charge in [-0.15, -0.1) is 11.3 Å². The number of nitrogens with one attached hydrogen (secondary N) is 1. The number of nitrogens with zero attached hydrogens (tertiary/aromatic N) is 2. The summed E-state index contributed by atoms with van der Waals surface area (Å²) in [5, 5.41) is 10.3. The van der Waals surface area contributed by atoms with Crippen LogP contribution in [0.3, 0.4) is 0 Å². The molecular formula is C18H19N3OS. The first kappa shape index (κ1) is 14.5. The molecule has 0 saturated heterocycles. The van der Waals surface area contributed by atoms with Gasteiger partial charge in [0.15, 0.2) is 0 Å². The first-order valence-corrected chi connectivity index (χ1v) is 8.94. The van der Waals surface area contributed by atoms with Gasteiger partial charge in [0.2, 0.25) is 0 Å². The highest BCUT2D eigenvalue weighted by Crippen LogP contribution is 2.29. The Hall–Kier alpha value is -2.14. The van der Waals surface area contributed by atoms with Gasteiger partial charge in [-0.2, -0.15) is 5.10 Å². The third-order valence-corrected chi connectivity index (χ3v) is 5.70. The van der Waals surface area contributed by atoms with Crippen molar-refractivity contribution < 1.29 is 4.79 Å². The molecule has 0 aliphatic heterocycles. The van der Waals surface area contributed by atoms with E-state index in [1.807, 2.05) is 34.7 Å². The van der Waals surface area contributed by atoms with E-state index in [1.54, 1.807) is 11.3 Å². The Kier molecular flexibility index (Phi) is 3.65. The number of aromatic amines is 1. The molecule has 5 heteroatoms. The van der Waals surface area contributed by atoms with E-state index in [4.69, 9.17) is 0 Å². The summed E-state index contributed by atoms with van der Waals surface area (Å²) in [6.45, 7) is 2.80. The minimum absolute atomic E-state index is 0.155. The van der Waals surface area contributed by atoms with E-state index < -0.39 is 0 Å². The van der Waals surface area contributed by atoms with Crippen molar-refractivity contribution in [2.75, 3.05) is 6.54 Å². The number of amides is 1. The molecule has 0 spiro atoms. The average molecular weight is 325 g/mol. The van der Waals surface area contributed by atoms with Gasteiger partial charge >= 0.3 is 0 Å². The predicted octanol–water partition coefficient (Wildman–Crippen LogP) is 3.64. The monoisotopic (exact) mass is 325 g/mol. The lowest BCUT2D eigenvalue weighted by atomic mass is 9.92. The molecule has 0 fully saturated rings. The van der Waals surface area contributed by atoms with Crippen LogP contribution in [0.2, 0.25) is 0 Å². The summed E-state index contributed by atoms with van der Waals surface area (Å²) >= 11 is 1.64. The Balaban J connectivity index is 1.63. The van der Waals surface area contributed by atoms with E-state index in [9.17, 15) is 4.79 Å². The van der Waals surface area contributed by atoms with E-state index in [-0.39, 0.29) is 11.9 Å². The Morgan fingerprint density at radius 1 is 1.43 bits per heavy atom. The van der Waals surface area contributed by atoms with Crippen LogP contribution in [-0.4, -0.2) is 33.6 Å². The van der Waals surface area contributed by atoms with Crippen molar-refractivity contribution in [2.24, 2.45) is 0 Å². The normalized spacial score (nSPS) is 17.2. The highest BCUT2D eigenvalue weighted by molar-refractivity contribution is 7.17. The van der Waals surface area contributed by atoms with Crippen LogP contribution in [0.1, 0.15) is 35.0 Å². The van der Waals surface area contributed by atoms with Crippen LogP contribution in [-0.2, 0) is 12.8 Å². The Bertz CT molecular complexity index is 851. The van der Waals surface area contributed by atoms with Crippen molar-refractivity contribution in [3.05, 3.63) is 52.7 Å². The van der Waals surface area contributed by atoms with Crippen molar-refractivity contribution in [1.82, 2.24) is 15.1 Å². The highest BCUT2D eigenvalue weighted by Gasteiger charge is 2.29. The van der Waals surface area contributed by atoms with E-state index in [0.29, 0.717) is 0 Å². The number of benzene rings is 1. The molecular weight excluding hydrogens is 306 g/mol. The second-order valence-electron chi connectivity index (χ2n) is 5.99. The maximum atomic E-state index is 13.1. The maximum absolute atomic E-state index is 13.1. The first-order valence-electron chi connectivity index (χ1n) is 8.06. The summed E-state index contributed by atoms with van der Waals surface area (Å²) in [7, 11) is 0. The summed E-state index contributed by atoms with van der Waals surface area (Å²) in [4.78, 5) is 15.1. The number of hydrogen-bond acceptors (Lipinski definition) is 3. The number of carbonyl (C=O) groups excluding carboxylic acids is 1. The van der Waals surface area contributed by atoms with Gasteiger partial charge in [-0.25, -0.2) is 0 Å². The second-order valence-corrected chi connectivity index (χ2v) is 6.90. The number of H-pyrrole nitrogens is 1. The molecule has 4 rings (SSSR count). The Labute approximate surface area is 139 Å². The third kappa shape index (κ3) is 2.45. The van der Waals surface area contributed by atoms with Crippen LogP contribution in [0.5, 0.6) is 0 Å². The van der Waals surface area contributed by atoms with Gasteiger partial charge in [-0.05, 0) is 37.8 Å². The van der Waals surface area contributed by atoms with Gasteiger partial charge in [0.1, 0.15) is 0 Å². The number of hydrogen-bond donors (Lipinski definition) is 1. The third-order valence-electron chi connectivity index (χ3n) is 4.73. The topological polar surface area (TPSA) is 49.0 Å². The average Bonchev–Trinajstić information content (AvgIpc) is 3.21. The number of fused-ring (bicyclic) bond motifs is 2. The van der Waals surface area contributed by atoms with Crippen LogP contribution in [0.15, 0.2) is 35.8 Å². The minimum atomic E-state index is 0.155.